The summed E-state index contributed by atoms with van der Waals surface area (Å²) in [5, 5.41) is 9.49. The smallest absolute Gasteiger partial charge is 0.0979 e. The molecule has 11 aromatic rings. The minimum atomic E-state index is 0.872. The molecule has 3 heterocycles. The van der Waals surface area contributed by atoms with Crippen LogP contribution in [0.4, 0.5) is 0 Å². The third kappa shape index (κ3) is 3.90. The highest BCUT2D eigenvalue weighted by Gasteiger charge is 2.24. The zero-order valence-electron chi connectivity index (χ0n) is 27.9. The summed E-state index contributed by atoms with van der Waals surface area (Å²) >= 11 is 0. The Hall–Kier alpha value is -6.78. The monoisotopic (exact) mass is 650 g/mol. The second kappa shape index (κ2) is 10.6. The van der Waals surface area contributed by atoms with Crippen LogP contribution in [0.3, 0.4) is 0 Å². The molecular weight excluding hydrogens is 621 g/mol. The van der Waals surface area contributed by atoms with Crippen LogP contribution < -0.4 is 0 Å². The van der Waals surface area contributed by atoms with Gasteiger partial charge in [0, 0.05) is 32.3 Å². The van der Waals surface area contributed by atoms with Crippen molar-refractivity contribution in [1.29, 1.82) is 0 Å². The van der Waals surface area contributed by atoms with E-state index in [4.69, 9.17) is 9.97 Å². The first-order chi connectivity index (χ1) is 25.3. The number of rotatable bonds is 3. The van der Waals surface area contributed by atoms with Crippen molar-refractivity contribution in [3.05, 3.63) is 169 Å². The number of hydrogen-bond acceptors (Lipinski definition) is 2. The van der Waals surface area contributed by atoms with E-state index < -0.39 is 0 Å². The maximum Gasteiger partial charge on any atom is 0.0979 e. The molecule has 0 radical (unpaired) electrons. The van der Waals surface area contributed by atoms with Gasteiger partial charge in [0.25, 0.3) is 0 Å². The van der Waals surface area contributed by atoms with E-state index in [0.717, 1.165) is 72.2 Å². The molecule has 0 unspecified atom stereocenters. The number of fused-ring (bicyclic) bond motifs is 12. The fourth-order valence-corrected chi connectivity index (χ4v) is 8.49. The van der Waals surface area contributed by atoms with E-state index in [1.807, 2.05) is 0 Å². The van der Waals surface area contributed by atoms with Crippen molar-refractivity contribution in [3.8, 4) is 22.6 Å². The summed E-state index contributed by atoms with van der Waals surface area (Å²) < 4.78 is 4.84. The Kier molecular flexibility index (Phi) is 5.84. The minimum absolute atomic E-state index is 0.872. The van der Waals surface area contributed by atoms with E-state index in [2.05, 4.69) is 180 Å². The summed E-state index contributed by atoms with van der Waals surface area (Å²) in [6.07, 6.45) is 0. The highest BCUT2D eigenvalue weighted by molar-refractivity contribution is 6.23. The first-order valence-electron chi connectivity index (χ1n) is 17.4. The van der Waals surface area contributed by atoms with E-state index in [-0.39, 0.29) is 0 Å². The molecule has 238 valence electrons. The zero-order valence-corrected chi connectivity index (χ0v) is 27.9. The van der Waals surface area contributed by atoms with Gasteiger partial charge in [-0.2, -0.15) is 0 Å². The summed E-state index contributed by atoms with van der Waals surface area (Å²) in [6.45, 7) is 2.12. The van der Waals surface area contributed by atoms with Crippen molar-refractivity contribution in [2.75, 3.05) is 0 Å². The zero-order chi connectivity index (χ0) is 33.6. The maximum absolute atomic E-state index is 5.70. The summed E-state index contributed by atoms with van der Waals surface area (Å²) in [4.78, 5) is 11.1. The molecule has 0 aliphatic heterocycles. The SMILES string of the molecule is Cc1nc2c3ccccc3c3ccccc3c2nc1-c1c(-n2c3ccccc3c3ccccc32)cccc1-n1c2ccccc2c2ccccc21. The van der Waals surface area contributed by atoms with Gasteiger partial charge in [0.15, 0.2) is 0 Å². The number of aryl methyl sites for hydroxylation is 1. The Morgan fingerprint density at radius 3 is 1.08 bits per heavy atom. The number of hydrogen-bond donors (Lipinski definition) is 0. The third-order valence-corrected chi connectivity index (χ3v) is 10.6. The highest BCUT2D eigenvalue weighted by Crippen LogP contribution is 2.43. The molecular formula is C47H30N4. The van der Waals surface area contributed by atoms with E-state index in [9.17, 15) is 0 Å². The van der Waals surface area contributed by atoms with E-state index in [1.165, 1.54) is 32.3 Å². The van der Waals surface area contributed by atoms with Crippen molar-refractivity contribution >= 4 is 76.2 Å². The Bertz CT molecular complexity index is 2980. The number of benzene rings is 8. The maximum atomic E-state index is 5.70. The molecule has 3 aromatic heterocycles. The fraction of sp³-hybridized carbons (Fsp3) is 0.0213. The number of nitrogens with zero attached hydrogens (tertiary/aromatic N) is 4. The van der Waals surface area contributed by atoms with Gasteiger partial charge in [-0.05, 0) is 54.1 Å². The second-order valence-electron chi connectivity index (χ2n) is 13.4. The summed E-state index contributed by atoms with van der Waals surface area (Å²) in [7, 11) is 0. The molecule has 0 bridgehead atoms. The first-order valence-corrected chi connectivity index (χ1v) is 17.4. The molecule has 0 atom stereocenters. The van der Waals surface area contributed by atoms with Crippen LogP contribution in [0.1, 0.15) is 5.69 Å². The van der Waals surface area contributed by atoms with Gasteiger partial charge < -0.3 is 9.13 Å². The molecule has 8 aromatic carbocycles. The standard InChI is InChI=1S/C47H30N4/c1-29-45(49-47-37-22-5-3-16-31(37)30-15-2-4-21-36(30)46(47)48-29)44-42(50-38-23-10-6-17-32(38)33-18-7-11-24-39(33)50)27-14-28-43(44)51-40-25-12-8-19-34(40)35-20-9-13-26-41(35)51/h2-28H,1H3. The lowest BCUT2D eigenvalue weighted by Gasteiger charge is -2.21. The fourth-order valence-electron chi connectivity index (χ4n) is 8.49. The molecule has 0 aliphatic rings. The van der Waals surface area contributed by atoms with Crippen molar-refractivity contribution < 1.29 is 0 Å². The van der Waals surface area contributed by atoms with Gasteiger partial charge in [-0.3, -0.25) is 0 Å². The van der Waals surface area contributed by atoms with Gasteiger partial charge in [0.1, 0.15) is 0 Å². The third-order valence-electron chi connectivity index (χ3n) is 10.6. The summed E-state index contributed by atoms with van der Waals surface area (Å²) in [6, 6.07) is 58.7. The van der Waals surface area contributed by atoms with Gasteiger partial charge >= 0.3 is 0 Å². The van der Waals surface area contributed by atoms with Crippen molar-refractivity contribution in [2.45, 2.75) is 6.92 Å². The molecule has 0 N–H and O–H groups in total. The van der Waals surface area contributed by atoms with E-state index >= 15 is 0 Å². The average molecular weight is 651 g/mol. The van der Waals surface area contributed by atoms with Crippen LogP contribution in [0, 0.1) is 6.92 Å². The van der Waals surface area contributed by atoms with Crippen LogP contribution in [-0.2, 0) is 0 Å². The minimum Gasteiger partial charge on any atom is -0.308 e. The lowest BCUT2D eigenvalue weighted by molar-refractivity contribution is 1.11. The van der Waals surface area contributed by atoms with Crippen molar-refractivity contribution in [3.63, 3.8) is 0 Å². The van der Waals surface area contributed by atoms with Gasteiger partial charge in [-0.25, -0.2) is 9.97 Å². The molecule has 0 aliphatic carbocycles. The van der Waals surface area contributed by atoms with E-state index in [0.29, 0.717) is 0 Å². The van der Waals surface area contributed by atoms with E-state index in [1.54, 1.807) is 0 Å². The molecule has 51 heavy (non-hydrogen) atoms. The molecule has 11 rings (SSSR count). The van der Waals surface area contributed by atoms with Crippen LogP contribution in [0.15, 0.2) is 164 Å². The van der Waals surface area contributed by atoms with Crippen LogP contribution in [0.25, 0.3) is 98.8 Å². The summed E-state index contributed by atoms with van der Waals surface area (Å²) in [5.41, 5.74) is 11.4. The molecule has 0 fully saturated rings. The van der Waals surface area contributed by atoms with Crippen LogP contribution in [0.5, 0.6) is 0 Å². The molecule has 4 nitrogen and oxygen atoms in total. The largest absolute Gasteiger partial charge is 0.308 e. The lowest BCUT2D eigenvalue weighted by Crippen LogP contribution is -2.06. The Morgan fingerprint density at radius 2 is 0.667 bits per heavy atom. The Labute approximate surface area is 293 Å². The Morgan fingerprint density at radius 1 is 0.333 bits per heavy atom. The summed E-state index contributed by atoms with van der Waals surface area (Å²) in [5.74, 6) is 0. The normalized spacial score (nSPS) is 12.0. The molecule has 0 saturated carbocycles. The van der Waals surface area contributed by atoms with Crippen LogP contribution in [0.2, 0.25) is 0 Å². The molecule has 4 heteroatoms. The van der Waals surface area contributed by atoms with Crippen LogP contribution >= 0.6 is 0 Å². The van der Waals surface area contributed by atoms with Gasteiger partial charge in [-0.15, -0.1) is 0 Å². The molecule has 0 spiro atoms. The second-order valence-corrected chi connectivity index (χ2v) is 13.4. The van der Waals surface area contributed by atoms with Crippen molar-refractivity contribution in [1.82, 2.24) is 19.1 Å². The predicted octanol–water partition coefficient (Wildman–Crippen LogP) is 12.1. The molecule has 0 amide bonds. The number of aromatic nitrogens is 4. The first kappa shape index (κ1) is 28.1. The van der Waals surface area contributed by atoms with Gasteiger partial charge in [0.2, 0.25) is 0 Å². The van der Waals surface area contributed by atoms with Crippen molar-refractivity contribution in [2.24, 2.45) is 0 Å². The Balaban J connectivity index is 1.35. The van der Waals surface area contributed by atoms with Crippen LogP contribution in [-0.4, -0.2) is 19.1 Å². The molecule has 0 saturated heterocycles. The number of para-hydroxylation sites is 4. The van der Waals surface area contributed by atoms with Gasteiger partial charge in [0.05, 0.1) is 61.4 Å². The average Bonchev–Trinajstić information content (AvgIpc) is 3.71. The quantitative estimate of drug-likeness (QED) is 0.178. The lowest BCUT2D eigenvalue weighted by atomic mass is 9.98. The predicted molar refractivity (Wildman–Crippen MR) is 213 cm³/mol. The van der Waals surface area contributed by atoms with Gasteiger partial charge in [-0.1, -0.05) is 127 Å². The highest BCUT2D eigenvalue weighted by atomic mass is 15.0. The topological polar surface area (TPSA) is 35.6 Å².